The van der Waals surface area contributed by atoms with Gasteiger partial charge in [0, 0.05) is 32.2 Å². The Labute approximate surface area is 138 Å². The second-order valence-electron chi connectivity index (χ2n) is 5.02. The van der Waals surface area contributed by atoms with Crippen LogP contribution in [0, 0.1) is 11.6 Å². The molecule has 0 unspecified atom stereocenters. The molecule has 1 fully saturated rings. The second kappa shape index (κ2) is 8.19. The summed E-state index contributed by atoms with van der Waals surface area (Å²) in [6.07, 6.45) is 1.58. The molecule has 1 aliphatic rings. The summed E-state index contributed by atoms with van der Waals surface area (Å²) in [5.74, 6) is -0.744. The van der Waals surface area contributed by atoms with Crippen molar-refractivity contribution in [2.24, 2.45) is 0 Å². The molecule has 1 aliphatic heterocycles. The van der Waals surface area contributed by atoms with Crippen molar-refractivity contribution in [2.45, 2.75) is 0 Å². The smallest absolute Gasteiger partial charge is 0.169 e. The fraction of sp³-hybridized carbons (Fsp3) is 0.429. The average Bonchev–Trinajstić information content (AvgIpc) is 2.97. The van der Waals surface area contributed by atoms with E-state index in [2.05, 4.69) is 20.5 Å². The minimum Gasteiger partial charge on any atom is -0.379 e. The number of ether oxygens (including phenoxy) is 1. The van der Waals surface area contributed by atoms with E-state index in [1.807, 2.05) is 0 Å². The maximum Gasteiger partial charge on any atom is 0.169 e. The molecule has 126 valence electrons. The maximum absolute atomic E-state index is 13.7. The van der Waals surface area contributed by atoms with Crippen LogP contribution in [0.2, 0.25) is 0 Å². The Bertz CT molecular complexity index is 633. The van der Waals surface area contributed by atoms with E-state index in [0.29, 0.717) is 12.4 Å². The predicted molar refractivity (Wildman–Crippen MR) is 84.3 cm³/mol. The summed E-state index contributed by atoms with van der Waals surface area (Å²) in [5, 5.41) is 10.9. The van der Waals surface area contributed by atoms with Gasteiger partial charge in [-0.1, -0.05) is 5.21 Å². The summed E-state index contributed by atoms with van der Waals surface area (Å²) < 4.78 is 33.1. The van der Waals surface area contributed by atoms with Crippen molar-refractivity contribution < 1.29 is 13.5 Å². The number of morpholine rings is 1. The minimum atomic E-state index is -0.676. The van der Waals surface area contributed by atoms with Crippen LogP contribution in [0.5, 0.6) is 0 Å². The third-order valence-electron chi connectivity index (χ3n) is 3.49. The second-order valence-corrected chi connectivity index (χ2v) is 5.02. The molecule has 6 nitrogen and oxygen atoms in total. The molecule has 9 heteroatoms. The molecule has 1 aromatic carbocycles. The molecule has 2 heterocycles. The third-order valence-corrected chi connectivity index (χ3v) is 3.49. The lowest BCUT2D eigenvalue weighted by Gasteiger charge is -2.26. The number of hydrogen-bond donors (Lipinski definition) is 1. The summed E-state index contributed by atoms with van der Waals surface area (Å²) in [6, 6.07) is 3.34. The first kappa shape index (κ1) is 17.6. The predicted octanol–water partition coefficient (Wildman–Crippen LogP) is 1.71. The zero-order valence-electron chi connectivity index (χ0n) is 12.4. The molecule has 0 bridgehead atoms. The number of anilines is 1. The minimum absolute atomic E-state index is 0. The van der Waals surface area contributed by atoms with E-state index in [-0.39, 0.29) is 18.1 Å². The van der Waals surface area contributed by atoms with Crippen molar-refractivity contribution in [1.29, 1.82) is 0 Å². The van der Waals surface area contributed by atoms with Crippen LogP contribution in [-0.4, -0.2) is 59.3 Å². The quantitative estimate of drug-likeness (QED) is 0.894. The number of rotatable bonds is 5. The zero-order chi connectivity index (χ0) is 15.4. The molecule has 1 saturated heterocycles. The standard InChI is InChI=1S/C14H17F2N5O.ClH/c15-11-1-2-13(12(16)9-11)21-10-14(18-19-21)17-3-4-20-5-7-22-8-6-20;/h1-2,9-10,17H,3-8H2;1H. The first-order valence-electron chi connectivity index (χ1n) is 7.14. The highest BCUT2D eigenvalue weighted by molar-refractivity contribution is 5.85. The van der Waals surface area contributed by atoms with Gasteiger partial charge in [0.2, 0.25) is 0 Å². The zero-order valence-corrected chi connectivity index (χ0v) is 13.2. The van der Waals surface area contributed by atoms with Crippen molar-refractivity contribution in [3.05, 3.63) is 36.0 Å². The van der Waals surface area contributed by atoms with Crippen LogP contribution in [-0.2, 0) is 4.74 Å². The average molecular weight is 346 g/mol. The molecule has 0 saturated carbocycles. The number of nitrogens with zero attached hydrogens (tertiary/aromatic N) is 4. The van der Waals surface area contributed by atoms with Crippen molar-refractivity contribution in [2.75, 3.05) is 44.7 Å². The number of benzene rings is 1. The molecular formula is C14H18ClF2N5O. The van der Waals surface area contributed by atoms with E-state index in [1.165, 1.54) is 16.8 Å². The summed E-state index contributed by atoms with van der Waals surface area (Å²) >= 11 is 0. The molecule has 0 spiro atoms. The largest absolute Gasteiger partial charge is 0.379 e. The molecular weight excluding hydrogens is 328 g/mol. The molecule has 0 radical (unpaired) electrons. The summed E-state index contributed by atoms with van der Waals surface area (Å²) in [6.45, 7) is 4.97. The lowest BCUT2D eigenvalue weighted by molar-refractivity contribution is 0.0398. The fourth-order valence-corrected chi connectivity index (χ4v) is 2.30. The van der Waals surface area contributed by atoms with Crippen molar-refractivity contribution >= 4 is 18.2 Å². The summed E-state index contributed by atoms with van der Waals surface area (Å²) in [7, 11) is 0. The van der Waals surface area contributed by atoms with Gasteiger partial charge in [0.15, 0.2) is 11.6 Å². The van der Waals surface area contributed by atoms with Crippen LogP contribution in [0.15, 0.2) is 24.4 Å². The van der Waals surface area contributed by atoms with Crippen molar-refractivity contribution in [3.8, 4) is 5.69 Å². The number of hydrogen-bond acceptors (Lipinski definition) is 5. The monoisotopic (exact) mass is 345 g/mol. The van der Waals surface area contributed by atoms with Gasteiger partial charge in [0.25, 0.3) is 0 Å². The first-order chi connectivity index (χ1) is 10.7. The van der Waals surface area contributed by atoms with Crippen molar-refractivity contribution in [1.82, 2.24) is 19.9 Å². The van der Waals surface area contributed by atoms with Crippen LogP contribution in [0.3, 0.4) is 0 Å². The number of aromatic nitrogens is 3. The molecule has 2 aromatic rings. The highest BCUT2D eigenvalue weighted by Gasteiger charge is 2.11. The lowest BCUT2D eigenvalue weighted by Crippen LogP contribution is -2.39. The Hall–Kier alpha value is -1.77. The van der Waals surface area contributed by atoms with Gasteiger partial charge in [-0.3, -0.25) is 4.90 Å². The van der Waals surface area contributed by atoms with E-state index < -0.39 is 11.6 Å². The Morgan fingerprint density at radius 3 is 2.74 bits per heavy atom. The Morgan fingerprint density at radius 1 is 1.22 bits per heavy atom. The molecule has 1 aromatic heterocycles. The first-order valence-corrected chi connectivity index (χ1v) is 7.14. The number of halogens is 3. The van der Waals surface area contributed by atoms with Gasteiger partial charge in [-0.05, 0) is 12.1 Å². The molecule has 23 heavy (non-hydrogen) atoms. The van der Waals surface area contributed by atoms with E-state index in [9.17, 15) is 8.78 Å². The van der Waals surface area contributed by atoms with Gasteiger partial charge in [0.05, 0.1) is 19.4 Å². The maximum atomic E-state index is 13.7. The molecule has 0 amide bonds. The highest BCUT2D eigenvalue weighted by atomic mass is 35.5. The third kappa shape index (κ3) is 4.60. The van der Waals surface area contributed by atoms with Crippen LogP contribution in [0.4, 0.5) is 14.6 Å². The van der Waals surface area contributed by atoms with Crippen LogP contribution in [0.25, 0.3) is 5.69 Å². The van der Waals surface area contributed by atoms with Crippen LogP contribution in [0.1, 0.15) is 0 Å². The normalized spacial score (nSPS) is 15.2. The van der Waals surface area contributed by atoms with E-state index in [4.69, 9.17) is 4.74 Å². The molecule has 0 atom stereocenters. The Morgan fingerprint density at radius 2 is 2.00 bits per heavy atom. The van der Waals surface area contributed by atoms with E-state index in [0.717, 1.165) is 38.9 Å². The van der Waals surface area contributed by atoms with Gasteiger partial charge in [-0.15, -0.1) is 17.5 Å². The van der Waals surface area contributed by atoms with Gasteiger partial charge in [-0.2, -0.15) is 0 Å². The highest BCUT2D eigenvalue weighted by Crippen LogP contribution is 2.14. The fourth-order valence-electron chi connectivity index (χ4n) is 2.30. The Balaban J connectivity index is 0.00000192. The Kier molecular flexibility index (Phi) is 6.26. The summed E-state index contributed by atoms with van der Waals surface area (Å²) in [4.78, 5) is 2.29. The van der Waals surface area contributed by atoms with Crippen LogP contribution < -0.4 is 5.32 Å². The van der Waals surface area contributed by atoms with Gasteiger partial charge < -0.3 is 10.1 Å². The topological polar surface area (TPSA) is 55.2 Å². The molecule has 3 rings (SSSR count). The molecule has 0 aliphatic carbocycles. The lowest BCUT2D eigenvalue weighted by atomic mass is 10.3. The van der Waals surface area contributed by atoms with Gasteiger partial charge in [-0.25, -0.2) is 13.5 Å². The van der Waals surface area contributed by atoms with Gasteiger partial charge in [0.1, 0.15) is 11.5 Å². The SMILES string of the molecule is Cl.Fc1ccc(-n2cc(NCCN3CCOCC3)nn2)c(F)c1. The van der Waals surface area contributed by atoms with E-state index in [1.54, 1.807) is 6.20 Å². The molecule has 1 N–H and O–H groups in total. The summed E-state index contributed by atoms with van der Waals surface area (Å²) in [5.41, 5.74) is 0.162. The van der Waals surface area contributed by atoms with Crippen molar-refractivity contribution in [3.63, 3.8) is 0 Å². The van der Waals surface area contributed by atoms with E-state index >= 15 is 0 Å². The van der Waals surface area contributed by atoms with Crippen LogP contribution >= 0.6 is 12.4 Å². The number of nitrogens with one attached hydrogen (secondary N) is 1. The van der Waals surface area contributed by atoms with Gasteiger partial charge >= 0.3 is 0 Å².